The van der Waals surface area contributed by atoms with E-state index in [0.29, 0.717) is 17.5 Å². The number of amides is 3. The Bertz CT molecular complexity index is 1720. The number of aliphatic hydroxyl groups excluding tert-OH is 1. The Hall–Kier alpha value is -4.88. The van der Waals surface area contributed by atoms with Crippen molar-refractivity contribution in [2.75, 3.05) is 26.2 Å². The predicted molar refractivity (Wildman–Crippen MR) is 162 cm³/mol. The summed E-state index contributed by atoms with van der Waals surface area (Å²) in [5.41, 5.74) is 0.610. The van der Waals surface area contributed by atoms with Gasteiger partial charge in [-0.25, -0.2) is 4.68 Å². The van der Waals surface area contributed by atoms with Gasteiger partial charge in [-0.3, -0.25) is 19.2 Å². The summed E-state index contributed by atoms with van der Waals surface area (Å²) >= 11 is 0. The highest BCUT2D eigenvalue weighted by Crippen LogP contribution is 2.53. The summed E-state index contributed by atoms with van der Waals surface area (Å²) in [4.78, 5) is 58.3. The number of fused-ring (bicyclic) bond motifs is 3. The maximum absolute atomic E-state index is 14.4. The molecule has 0 aliphatic carbocycles. The normalized spacial score (nSPS) is 30.5. The van der Waals surface area contributed by atoms with E-state index in [4.69, 9.17) is 9.47 Å². The van der Waals surface area contributed by atoms with E-state index < -0.39 is 53.5 Å². The lowest BCUT2D eigenvalue weighted by atomic mass is 9.78. The quantitative estimate of drug-likeness (QED) is 0.313. The summed E-state index contributed by atoms with van der Waals surface area (Å²) in [5, 5.41) is 21.3. The topological polar surface area (TPSA) is 156 Å². The van der Waals surface area contributed by atoms with Crippen molar-refractivity contribution in [3.05, 3.63) is 84.5 Å². The first-order chi connectivity index (χ1) is 22.4. The predicted octanol–water partition coefficient (Wildman–Crippen LogP) is 1.11. The fourth-order valence-corrected chi connectivity index (χ4v) is 7.11. The fourth-order valence-electron chi connectivity index (χ4n) is 7.11. The van der Waals surface area contributed by atoms with Crippen molar-refractivity contribution < 1.29 is 33.8 Å². The number of β-amino-alcohol motifs (C(OH)–C–C–N with tert-alkyl or cyclic N) is 1. The lowest BCUT2D eigenvalue weighted by Crippen LogP contribution is -2.55. The van der Waals surface area contributed by atoms with Crippen LogP contribution in [0.2, 0.25) is 0 Å². The molecule has 4 aliphatic rings. The molecular weight excluding hydrogens is 592 g/mol. The number of hydrogen-bond donors (Lipinski definition) is 2. The molecular formula is C33H34N6O7. The lowest BCUT2D eigenvalue weighted by molar-refractivity contribution is -0.160. The van der Waals surface area contributed by atoms with E-state index in [2.05, 4.69) is 15.6 Å². The Labute approximate surface area is 264 Å². The summed E-state index contributed by atoms with van der Waals surface area (Å²) in [7, 11) is 0. The molecule has 0 radical (unpaired) electrons. The van der Waals surface area contributed by atoms with Crippen LogP contribution in [0.1, 0.15) is 24.5 Å². The van der Waals surface area contributed by atoms with Crippen LogP contribution in [0.5, 0.6) is 0 Å². The molecule has 7 rings (SSSR count). The minimum Gasteiger partial charge on any atom is -0.455 e. The van der Waals surface area contributed by atoms with Crippen molar-refractivity contribution in [1.82, 2.24) is 30.1 Å². The molecule has 1 spiro atoms. The summed E-state index contributed by atoms with van der Waals surface area (Å²) in [6.45, 7) is -0.182. The van der Waals surface area contributed by atoms with Crippen molar-refractivity contribution in [2.24, 2.45) is 11.8 Å². The van der Waals surface area contributed by atoms with E-state index in [1.807, 2.05) is 42.5 Å². The van der Waals surface area contributed by atoms with Crippen molar-refractivity contribution in [2.45, 2.75) is 43.4 Å². The SMILES string of the molecule is O=C1CC/C=C\[C@@H]2O[C@@]34C=CCN(Cn5nnc6ccccc65)C(=O)[C@@H]3N(CCO)C(=O)[C@H]4[C@@H]2C(=O)O[C@@H](c2ccccc2)CN1. The second-order valence-corrected chi connectivity index (χ2v) is 11.9. The van der Waals surface area contributed by atoms with Gasteiger partial charge >= 0.3 is 5.97 Å². The van der Waals surface area contributed by atoms with Crippen LogP contribution in [0.4, 0.5) is 0 Å². The first kappa shape index (κ1) is 29.8. The number of rotatable bonds is 5. The summed E-state index contributed by atoms with van der Waals surface area (Å²) in [6.07, 6.45) is 5.85. The van der Waals surface area contributed by atoms with Gasteiger partial charge in [0.05, 0.1) is 30.7 Å². The van der Waals surface area contributed by atoms with Gasteiger partial charge in [-0.15, -0.1) is 5.10 Å². The Balaban J connectivity index is 1.26. The monoisotopic (exact) mass is 626 g/mol. The number of nitrogens with zero attached hydrogens (tertiary/aromatic N) is 5. The van der Waals surface area contributed by atoms with E-state index in [9.17, 15) is 24.3 Å². The molecule has 0 saturated carbocycles. The van der Waals surface area contributed by atoms with Gasteiger partial charge in [0.1, 0.15) is 35.9 Å². The largest absolute Gasteiger partial charge is 0.455 e. The molecule has 2 fully saturated rings. The van der Waals surface area contributed by atoms with Crippen LogP contribution in [0.3, 0.4) is 0 Å². The molecule has 5 heterocycles. The first-order valence-electron chi connectivity index (χ1n) is 15.4. The zero-order valence-electron chi connectivity index (χ0n) is 25.0. The maximum atomic E-state index is 14.4. The number of esters is 1. The Morgan fingerprint density at radius 3 is 2.63 bits per heavy atom. The maximum Gasteiger partial charge on any atom is 0.313 e. The molecule has 2 N–H and O–H groups in total. The summed E-state index contributed by atoms with van der Waals surface area (Å²) in [6, 6.07) is 15.3. The number of likely N-dealkylation sites (tertiary alicyclic amines) is 1. The van der Waals surface area contributed by atoms with Gasteiger partial charge in [0, 0.05) is 19.5 Å². The number of allylic oxidation sites excluding steroid dienone is 1. The number of para-hydroxylation sites is 1. The van der Waals surface area contributed by atoms with Crippen LogP contribution < -0.4 is 5.32 Å². The zero-order chi connectivity index (χ0) is 31.8. The van der Waals surface area contributed by atoms with Crippen LogP contribution in [-0.4, -0.2) is 97.6 Å². The smallest absolute Gasteiger partial charge is 0.313 e. The number of cyclic esters (lactones) is 1. The second kappa shape index (κ2) is 12.1. The van der Waals surface area contributed by atoms with Crippen LogP contribution in [0, 0.1) is 11.8 Å². The standard InChI is InChI=1S/C33H34N6O7/c40-18-17-38-29-31(43)37(20-39-23-12-5-4-11-22(23)35-36-39)16-8-15-33(29)28(30(38)42)27-24(46-33)13-6-7-14-26(41)34-19-25(45-32(27)44)21-9-2-1-3-10-21/h1-6,8-13,15,24-25,27-29,40H,7,14,16-20H2,(H,34,41)/b13-6-/t24-,25+,27+,28+,29-,33+/m0/s1. The number of benzene rings is 2. The van der Waals surface area contributed by atoms with Gasteiger partial charge in [0.15, 0.2) is 0 Å². The van der Waals surface area contributed by atoms with Gasteiger partial charge < -0.3 is 29.7 Å². The summed E-state index contributed by atoms with van der Waals surface area (Å²) < 4.78 is 14.4. The molecule has 1 aromatic heterocycles. The molecule has 4 aliphatic heterocycles. The minimum absolute atomic E-state index is 0.0594. The molecule has 6 atom stereocenters. The van der Waals surface area contributed by atoms with Gasteiger partial charge in [-0.2, -0.15) is 0 Å². The third kappa shape index (κ3) is 5.05. The molecule has 0 unspecified atom stereocenters. The average molecular weight is 627 g/mol. The van der Waals surface area contributed by atoms with Gasteiger partial charge in [-0.05, 0) is 24.1 Å². The highest BCUT2D eigenvalue weighted by atomic mass is 16.6. The third-order valence-corrected chi connectivity index (χ3v) is 9.19. The van der Waals surface area contributed by atoms with Crippen molar-refractivity contribution in [1.29, 1.82) is 0 Å². The number of aromatic nitrogens is 3. The van der Waals surface area contributed by atoms with Crippen LogP contribution in [-0.2, 0) is 35.3 Å². The zero-order valence-corrected chi connectivity index (χ0v) is 25.0. The van der Waals surface area contributed by atoms with Crippen molar-refractivity contribution >= 4 is 34.7 Å². The average Bonchev–Trinajstić information content (AvgIpc) is 3.65. The molecule has 0 bridgehead atoms. The molecule has 2 aromatic carbocycles. The molecule has 13 nitrogen and oxygen atoms in total. The van der Waals surface area contributed by atoms with E-state index in [1.54, 1.807) is 46.0 Å². The highest BCUT2D eigenvalue weighted by molar-refractivity contribution is 5.99. The number of nitrogens with one attached hydrogen (secondary N) is 1. The van der Waals surface area contributed by atoms with Gasteiger partial charge in [-0.1, -0.05) is 72.0 Å². The van der Waals surface area contributed by atoms with E-state index in [0.717, 1.165) is 5.52 Å². The molecule has 3 aromatic rings. The number of hydrogen-bond acceptors (Lipinski definition) is 9. The van der Waals surface area contributed by atoms with Crippen LogP contribution >= 0.6 is 0 Å². The van der Waals surface area contributed by atoms with Crippen LogP contribution in [0.15, 0.2) is 78.9 Å². The summed E-state index contributed by atoms with van der Waals surface area (Å²) in [5.74, 6) is -3.91. The lowest BCUT2D eigenvalue weighted by Gasteiger charge is -2.35. The first-order valence-corrected chi connectivity index (χ1v) is 15.4. The number of aliphatic hydroxyl groups is 1. The van der Waals surface area contributed by atoms with E-state index in [-0.39, 0.29) is 45.2 Å². The van der Waals surface area contributed by atoms with E-state index >= 15 is 0 Å². The van der Waals surface area contributed by atoms with E-state index in [1.165, 1.54) is 4.90 Å². The Kier molecular flexibility index (Phi) is 7.87. The molecule has 238 valence electrons. The van der Waals surface area contributed by atoms with Crippen molar-refractivity contribution in [3.63, 3.8) is 0 Å². The number of ether oxygens (including phenoxy) is 2. The number of carbonyl (C=O) groups is 4. The van der Waals surface area contributed by atoms with Crippen LogP contribution in [0.25, 0.3) is 11.0 Å². The van der Waals surface area contributed by atoms with Crippen molar-refractivity contribution in [3.8, 4) is 0 Å². The Morgan fingerprint density at radius 2 is 1.80 bits per heavy atom. The molecule has 3 amide bonds. The minimum atomic E-state index is -1.50. The van der Waals surface area contributed by atoms with Gasteiger partial charge in [0.2, 0.25) is 11.8 Å². The molecule has 46 heavy (non-hydrogen) atoms. The highest BCUT2D eigenvalue weighted by Gasteiger charge is 2.71. The van der Waals surface area contributed by atoms with Gasteiger partial charge in [0.25, 0.3) is 5.91 Å². The number of carbonyl (C=O) groups excluding carboxylic acids is 4. The third-order valence-electron chi connectivity index (χ3n) is 9.19. The Morgan fingerprint density at radius 1 is 1.00 bits per heavy atom. The molecule has 2 saturated heterocycles. The fraction of sp³-hybridized carbons (Fsp3) is 0.394. The second-order valence-electron chi connectivity index (χ2n) is 11.9. The molecule has 13 heteroatoms.